The molecule has 0 aliphatic rings. The minimum absolute atomic E-state index is 0. The number of hydrogen-bond donors (Lipinski definition) is 2. The molecule has 0 fully saturated rings. The summed E-state index contributed by atoms with van der Waals surface area (Å²) in [5, 5.41) is 2.78. The van der Waals surface area contributed by atoms with Crippen molar-refractivity contribution in [3.8, 4) is 0 Å². The fourth-order valence-corrected chi connectivity index (χ4v) is 1.83. The lowest BCUT2D eigenvalue weighted by atomic mass is 10.2. The molecule has 114 valence electrons. The van der Waals surface area contributed by atoms with Crippen LogP contribution in [0.5, 0.6) is 0 Å². The molecule has 0 saturated carbocycles. The minimum atomic E-state index is -0.341. The highest BCUT2D eigenvalue weighted by Crippen LogP contribution is 2.04. The first-order valence-electron chi connectivity index (χ1n) is 6.95. The molecule has 0 heterocycles. The number of ether oxygens (including phenoxy) is 1. The van der Waals surface area contributed by atoms with Gasteiger partial charge in [0.2, 0.25) is 0 Å². The Kier molecular flexibility index (Phi) is 9.86. The number of hydrogen-bond acceptors (Lipinski definition) is 2. The maximum absolute atomic E-state index is 11.5. The van der Waals surface area contributed by atoms with Crippen LogP contribution in [-0.2, 0) is 11.3 Å². The van der Waals surface area contributed by atoms with Crippen molar-refractivity contribution in [1.82, 2.24) is 5.32 Å². The van der Waals surface area contributed by atoms with Crippen molar-refractivity contribution in [2.45, 2.75) is 27.4 Å². The Morgan fingerprint density at radius 1 is 1.20 bits per heavy atom. The fraction of sp³-hybridized carbons (Fsp3) is 0.533. The lowest BCUT2D eigenvalue weighted by Gasteiger charge is -2.15. The third-order valence-corrected chi connectivity index (χ3v) is 3.24. The van der Waals surface area contributed by atoms with E-state index in [0.717, 1.165) is 25.2 Å². The van der Waals surface area contributed by atoms with E-state index in [1.165, 1.54) is 10.5 Å². The number of quaternary nitrogens is 1. The summed E-state index contributed by atoms with van der Waals surface area (Å²) in [5.74, 6) is 0. The summed E-state index contributed by atoms with van der Waals surface area (Å²) >= 11 is 0. The molecule has 0 aliphatic carbocycles. The van der Waals surface area contributed by atoms with E-state index in [2.05, 4.69) is 19.2 Å². The number of carbonyl (C=O) groups is 1. The van der Waals surface area contributed by atoms with E-state index in [1.807, 2.05) is 31.2 Å². The van der Waals surface area contributed by atoms with E-state index in [4.69, 9.17) is 4.74 Å². The monoisotopic (exact) mass is 300 g/mol. The van der Waals surface area contributed by atoms with Crippen molar-refractivity contribution in [1.29, 1.82) is 0 Å². The van der Waals surface area contributed by atoms with Crippen molar-refractivity contribution in [2.75, 3.05) is 26.2 Å². The summed E-state index contributed by atoms with van der Waals surface area (Å²) in [6, 6.07) is 7.98. The van der Waals surface area contributed by atoms with Crippen LogP contribution in [0.15, 0.2) is 24.3 Å². The van der Waals surface area contributed by atoms with E-state index in [9.17, 15) is 4.79 Å². The van der Waals surface area contributed by atoms with Crippen molar-refractivity contribution >= 4 is 6.09 Å². The van der Waals surface area contributed by atoms with Crippen LogP contribution < -0.4 is 22.6 Å². The van der Waals surface area contributed by atoms with Gasteiger partial charge in [0.05, 0.1) is 26.2 Å². The molecule has 0 unspecified atom stereocenters. The van der Waals surface area contributed by atoms with Gasteiger partial charge in [-0.05, 0) is 26.3 Å². The smallest absolute Gasteiger partial charge is 0.407 e. The Labute approximate surface area is 127 Å². The highest BCUT2D eigenvalue weighted by molar-refractivity contribution is 5.67. The van der Waals surface area contributed by atoms with Crippen LogP contribution >= 0.6 is 0 Å². The molecule has 5 heteroatoms. The van der Waals surface area contributed by atoms with E-state index < -0.39 is 0 Å². The first-order chi connectivity index (χ1) is 9.15. The first-order valence-corrected chi connectivity index (χ1v) is 6.95. The van der Waals surface area contributed by atoms with Crippen LogP contribution in [0.1, 0.15) is 25.0 Å². The number of halogens is 1. The zero-order chi connectivity index (χ0) is 14.1. The Morgan fingerprint density at radius 2 is 1.80 bits per heavy atom. The molecule has 20 heavy (non-hydrogen) atoms. The quantitative estimate of drug-likeness (QED) is 0.621. The van der Waals surface area contributed by atoms with Crippen LogP contribution in [0.3, 0.4) is 0 Å². The predicted molar refractivity (Wildman–Crippen MR) is 76.3 cm³/mol. The maximum Gasteiger partial charge on any atom is 0.407 e. The predicted octanol–water partition coefficient (Wildman–Crippen LogP) is -1.85. The highest BCUT2D eigenvalue weighted by Gasteiger charge is 2.05. The van der Waals surface area contributed by atoms with E-state index >= 15 is 0 Å². The summed E-state index contributed by atoms with van der Waals surface area (Å²) in [5.41, 5.74) is 2.21. The van der Waals surface area contributed by atoms with E-state index in [0.29, 0.717) is 13.2 Å². The van der Waals surface area contributed by atoms with Gasteiger partial charge in [-0.3, -0.25) is 0 Å². The number of nitrogens with one attached hydrogen (secondary N) is 2. The van der Waals surface area contributed by atoms with Gasteiger partial charge in [0, 0.05) is 0 Å². The summed E-state index contributed by atoms with van der Waals surface area (Å²) in [6.07, 6.45) is -0.341. The van der Waals surface area contributed by atoms with Crippen LogP contribution in [0.4, 0.5) is 4.79 Å². The van der Waals surface area contributed by atoms with Crippen molar-refractivity contribution in [2.24, 2.45) is 0 Å². The normalized spacial score (nSPS) is 10.0. The van der Waals surface area contributed by atoms with Gasteiger partial charge in [0.25, 0.3) is 0 Å². The average Bonchev–Trinajstić information content (AvgIpc) is 2.43. The zero-order valence-corrected chi connectivity index (χ0v) is 13.3. The van der Waals surface area contributed by atoms with Crippen LogP contribution in [0, 0.1) is 6.92 Å². The summed E-state index contributed by atoms with van der Waals surface area (Å²) in [7, 11) is 0. The number of carbonyl (C=O) groups excluding carboxylic acids is 1. The number of amides is 1. The number of benzene rings is 1. The second-order valence-electron chi connectivity index (χ2n) is 4.70. The molecule has 0 spiro atoms. The second kappa shape index (κ2) is 10.5. The minimum Gasteiger partial charge on any atom is -1.00 e. The molecule has 1 amide bonds. The van der Waals surface area contributed by atoms with Gasteiger partial charge in [-0.1, -0.05) is 29.8 Å². The van der Waals surface area contributed by atoms with Crippen molar-refractivity contribution < 1.29 is 26.8 Å². The van der Waals surface area contributed by atoms with Gasteiger partial charge < -0.3 is 27.4 Å². The molecule has 0 atom stereocenters. The van der Waals surface area contributed by atoms with Crippen molar-refractivity contribution in [3.63, 3.8) is 0 Å². The number of alkyl carbamates (subject to hydrolysis) is 1. The van der Waals surface area contributed by atoms with Crippen LogP contribution in [0.25, 0.3) is 0 Å². The lowest BCUT2D eigenvalue weighted by Crippen LogP contribution is -3.12. The Balaban J connectivity index is 0.00000361. The number of rotatable bonds is 7. The van der Waals surface area contributed by atoms with Gasteiger partial charge >= 0.3 is 6.09 Å². The van der Waals surface area contributed by atoms with Crippen LogP contribution in [0.2, 0.25) is 0 Å². The highest BCUT2D eigenvalue weighted by atomic mass is 35.5. The molecule has 0 bridgehead atoms. The molecule has 0 aliphatic heterocycles. The van der Waals surface area contributed by atoms with Gasteiger partial charge in [0.1, 0.15) is 6.61 Å². The Hall–Kier alpha value is -1.26. The van der Waals surface area contributed by atoms with Crippen molar-refractivity contribution in [3.05, 3.63) is 35.4 Å². The summed E-state index contributed by atoms with van der Waals surface area (Å²) < 4.78 is 5.16. The van der Waals surface area contributed by atoms with E-state index in [1.54, 1.807) is 0 Å². The molecule has 0 radical (unpaired) electrons. The second-order valence-corrected chi connectivity index (χ2v) is 4.70. The maximum atomic E-state index is 11.5. The Bertz CT molecular complexity index is 378. The molecule has 0 aromatic heterocycles. The van der Waals surface area contributed by atoms with Gasteiger partial charge in [-0.15, -0.1) is 0 Å². The topological polar surface area (TPSA) is 42.8 Å². The molecule has 4 nitrogen and oxygen atoms in total. The third kappa shape index (κ3) is 7.36. The van der Waals surface area contributed by atoms with Crippen LogP contribution in [-0.4, -0.2) is 32.3 Å². The molecular formula is C15H25ClN2O2. The molecule has 1 rings (SSSR count). The SMILES string of the molecule is CC[NH+](CC)CCNC(=O)OCc1ccc(C)cc1.[Cl-]. The average molecular weight is 301 g/mol. The van der Waals surface area contributed by atoms with Gasteiger partial charge in [-0.2, -0.15) is 0 Å². The lowest BCUT2D eigenvalue weighted by molar-refractivity contribution is -0.895. The zero-order valence-electron chi connectivity index (χ0n) is 12.5. The van der Waals surface area contributed by atoms with Gasteiger partial charge in [0.15, 0.2) is 0 Å². The molecule has 2 N–H and O–H groups in total. The largest absolute Gasteiger partial charge is 1.00 e. The molecule has 0 saturated heterocycles. The molecular weight excluding hydrogens is 276 g/mol. The number of likely N-dealkylation sites (N-methyl/N-ethyl adjacent to an activating group) is 1. The first kappa shape index (κ1) is 18.7. The van der Waals surface area contributed by atoms with E-state index in [-0.39, 0.29) is 18.5 Å². The molecule has 1 aromatic carbocycles. The standard InChI is InChI=1S/C15H24N2O2.ClH/c1-4-17(5-2)11-10-16-15(18)19-12-14-8-6-13(3)7-9-14;/h6-9H,4-5,10-12H2,1-3H3,(H,16,18);1H. The Morgan fingerprint density at radius 3 is 2.35 bits per heavy atom. The molecule has 1 aromatic rings. The van der Waals surface area contributed by atoms with Gasteiger partial charge in [-0.25, -0.2) is 4.79 Å². The number of aryl methyl sites for hydroxylation is 1. The third-order valence-electron chi connectivity index (χ3n) is 3.24. The summed E-state index contributed by atoms with van der Waals surface area (Å²) in [6.45, 7) is 10.4. The fourth-order valence-electron chi connectivity index (χ4n) is 1.83. The summed E-state index contributed by atoms with van der Waals surface area (Å²) in [4.78, 5) is 13.0.